The van der Waals surface area contributed by atoms with Crippen LogP contribution in [0.4, 0.5) is 0 Å². The average Bonchev–Trinajstić information content (AvgIpc) is 2.82. The summed E-state index contributed by atoms with van der Waals surface area (Å²) in [6.07, 6.45) is 5.22. The molecule has 5 heteroatoms. The van der Waals surface area contributed by atoms with E-state index in [0.29, 0.717) is 10.7 Å². The first-order valence-corrected chi connectivity index (χ1v) is 8.78. The fourth-order valence-electron chi connectivity index (χ4n) is 3.19. The van der Waals surface area contributed by atoms with Crippen molar-refractivity contribution in [2.75, 3.05) is 33.2 Å². The van der Waals surface area contributed by atoms with Crippen LogP contribution in [0.1, 0.15) is 36.2 Å². The second-order valence-electron chi connectivity index (χ2n) is 6.37. The molecule has 1 saturated heterocycles. The zero-order valence-electron chi connectivity index (χ0n) is 13.6. The van der Waals surface area contributed by atoms with Crippen molar-refractivity contribution in [2.45, 2.75) is 25.7 Å². The molecule has 0 saturated carbocycles. The maximum absolute atomic E-state index is 12.6. The first-order valence-electron chi connectivity index (χ1n) is 8.40. The SMILES string of the molecule is CN(CCN1CCCCCC1)C(=O)c1cc2c(Cl)cccc2[nH]1. The Bertz CT molecular complexity index is 674. The molecule has 1 aromatic carbocycles. The third-order valence-electron chi connectivity index (χ3n) is 4.64. The van der Waals surface area contributed by atoms with Crippen molar-refractivity contribution in [1.82, 2.24) is 14.8 Å². The normalized spacial score (nSPS) is 16.4. The molecule has 0 atom stereocenters. The molecule has 2 heterocycles. The van der Waals surface area contributed by atoms with Crippen LogP contribution < -0.4 is 0 Å². The number of aromatic amines is 1. The number of H-pyrrole nitrogens is 1. The van der Waals surface area contributed by atoms with Crippen LogP contribution in [0.3, 0.4) is 0 Å². The van der Waals surface area contributed by atoms with Crippen molar-refractivity contribution in [1.29, 1.82) is 0 Å². The predicted octanol–water partition coefficient (Wildman–Crippen LogP) is 3.77. The highest BCUT2D eigenvalue weighted by molar-refractivity contribution is 6.35. The fourth-order valence-corrected chi connectivity index (χ4v) is 3.42. The molecule has 124 valence electrons. The zero-order chi connectivity index (χ0) is 16.2. The minimum absolute atomic E-state index is 0.0205. The van der Waals surface area contributed by atoms with Gasteiger partial charge in [-0.2, -0.15) is 0 Å². The highest BCUT2D eigenvalue weighted by Gasteiger charge is 2.16. The summed E-state index contributed by atoms with van der Waals surface area (Å²) < 4.78 is 0. The van der Waals surface area contributed by atoms with Crippen LogP contribution in [0, 0.1) is 0 Å². The van der Waals surface area contributed by atoms with Crippen molar-refractivity contribution in [3.63, 3.8) is 0 Å². The Hall–Kier alpha value is -1.52. The van der Waals surface area contributed by atoms with E-state index in [9.17, 15) is 4.79 Å². The van der Waals surface area contributed by atoms with E-state index >= 15 is 0 Å². The van der Waals surface area contributed by atoms with Gasteiger partial charge in [0.2, 0.25) is 0 Å². The summed E-state index contributed by atoms with van der Waals surface area (Å²) in [5.74, 6) is 0.0205. The Balaban J connectivity index is 1.62. The summed E-state index contributed by atoms with van der Waals surface area (Å²) in [5, 5.41) is 1.57. The second-order valence-corrected chi connectivity index (χ2v) is 6.77. The van der Waals surface area contributed by atoms with Gasteiger partial charge in [0.1, 0.15) is 5.69 Å². The van der Waals surface area contributed by atoms with E-state index in [1.807, 2.05) is 31.3 Å². The first kappa shape index (κ1) is 16.3. The molecular formula is C18H24ClN3O. The minimum atomic E-state index is 0.0205. The van der Waals surface area contributed by atoms with Gasteiger partial charge < -0.3 is 14.8 Å². The number of aromatic nitrogens is 1. The largest absolute Gasteiger partial charge is 0.350 e. The van der Waals surface area contributed by atoms with Gasteiger partial charge in [0.25, 0.3) is 5.91 Å². The number of carbonyl (C=O) groups excluding carboxylic acids is 1. The molecule has 1 fully saturated rings. The maximum atomic E-state index is 12.6. The van der Waals surface area contributed by atoms with Gasteiger partial charge >= 0.3 is 0 Å². The molecule has 4 nitrogen and oxygen atoms in total. The number of hydrogen-bond acceptors (Lipinski definition) is 2. The van der Waals surface area contributed by atoms with Gasteiger partial charge in [0.15, 0.2) is 0 Å². The predicted molar refractivity (Wildman–Crippen MR) is 95.2 cm³/mol. The summed E-state index contributed by atoms with van der Waals surface area (Å²) in [6.45, 7) is 4.01. The van der Waals surface area contributed by atoms with Crippen molar-refractivity contribution in [3.05, 3.63) is 35.0 Å². The Kier molecular flexibility index (Phi) is 5.23. The highest BCUT2D eigenvalue weighted by atomic mass is 35.5. The van der Waals surface area contributed by atoms with E-state index in [0.717, 1.165) is 37.1 Å². The molecule has 0 aliphatic carbocycles. The third kappa shape index (κ3) is 3.88. The van der Waals surface area contributed by atoms with Crippen LogP contribution in [-0.4, -0.2) is 53.9 Å². The molecule has 0 radical (unpaired) electrons. The van der Waals surface area contributed by atoms with Crippen LogP contribution >= 0.6 is 11.6 Å². The molecule has 23 heavy (non-hydrogen) atoms. The number of likely N-dealkylation sites (N-methyl/N-ethyl adjacent to an activating group) is 1. The summed E-state index contributed by atoms with van der Waals surface area (Å²) in [7, 11) is 1.87. The van der Waals surface area contributed by atoms with Gasteiger partial charge in [-0.05, 0) is 44.1 Å². The number of hydrogen-bond donors (Lipinski definition) is 1. The van der Waals surface area contributed by atoms with Gasteiger partial charge in [-0.3, -0.25) is 4.79 Å². The fraction of sp³-hybridized carbons (Fsp3) is 0.500. The molecule has 1 aliphatic heterocycles. The molecule has 1 aliphatic rings. The third-order valence-corrected chi connectivity index (χ3v) is 4.97. The van der Waals surface area contributed by atoms with Crippen molar-refractivity contribution in [3.8, 4) is 0 Å². The number of nitrogens with one attached hydrogen (secondary N) is 1. The number of rotatable bonds is 4. The molecule has 3 rings (SSSR count). The van der Waals surface area contributed by atoms with E-state index in [1.165, 1.54) is 25.7 Å². The van der Waals surface area contributed by atoms with Crippen molar-refractivity contribution < 1.29 is 4.79 Å². The monoisotopic (exact) mass is 333 g/mol. The first-order chi connectivity index (χ1) is 11.1. The van der Waals surface area contributed by atoms with Crippen LogP contribution in [0.15, 0.2) is 24.3 Å². The lowest BCUT2D eigenvalue weighted by atomic mass is 10.2. The quantitative estimate of drug-likeness (QED) is 0.925. The van der Waals surface area contributed by atoms with E-state index in [1.54, 1.807) is 4.90 Å². The zero-order valence-corrected chi connectivity index (χ0v) is 14.4. The second kappa shape index (κ2) is 7.37. The topological polar surface area (TPSA) is 39.3 Å². The van der Waals surface area contributed by atoms with E-state index < -0.39 is 0 Å². The van der Waals surface area contributed by atoms with Gasteiger partial charge in [-0.15, -0.1) is 0 Å². The Labute approximate surface area is 142 Å². The summed E-state index contributed by atoms with van der Waals surface area (Å²) >= 11 is 6.18. The summed E-state index contributed by atoms with van der Waals surface area (Å²) in [5.41, 5.74) is 1.51. The molecule has 0 spiro atoms. The van der Waals surface area contributed by atoms with Crippen LogP contribution in [0.25, 0.3) is 10.9 Å². The van der Waals surface area contributed by atoms with Crippen LogP contribution in [0.2, 0.25) is 5.02 Å². The number of benzene rings is 1. The Morgan fingerprint density at radius 3 is 2.70 bits per heavy atom. The smallest absolute Gasteiger partial charge is 0.270 e. The van der Waals surface area contributed by atoms with Gasteiger partial charge in [0.05, 0.1) is 0 Å². The summed E-state index contributed by atoms with van der Waals surface area (Å²) in [6, 6.07) is 7.52. The summed E-state index contributed by atoms with van der Waals surface area (Å²) in [4.78, 5) is 20.0. The Morgan fingerprint density at radius 2 is 2.00 bits per heavy atom. The molecule has 0 unspecified atom stereocenters. The molecule has 1 N–H and O–H groups in total. The van der Waals surface area contributed by atoms with Gasteiger partial charge in [0, 0.05) is 36.1 Å². The number of likely N-dealkylation sites (tertiary alicyclic amines) is 1. The molecule has 1 aromatic heterocycles. The lowest BCUT2D eigenvalue weighted by Crippen LogP contribution is -2.36. The highest BCUT2D eigenvalue weighted by Crippen LogP contribution is 2.24. The van der Waals surface area contributed by atoms with Gasteiger partial charge in [-0.1, -0.05) is 30.5 Å². The molecular weight excluding hydrogens is 310 g/mol. The standard InChI is InChI=1S/C18H24ClN3O/c1-21(11-12-22-9-4-2-3-5-10-22)18(23)17-13-14-15(19)7-6-8-16(14)20-17/h6-8,13,20H,2-5,9-12H2,1H3. The van der Waals surface area contributed by atoms with E-state index in [-0.39, 0.29) is 5.91 Å². The lowest BCUT2D eigenvalue weighted by Gasteiger charge is -2.23. The Morgan fingerprint density at radius 1 is 1.26 bits per heavy atom. The number of amides is 1. The minimum Gasteiger partial charge on any atom is -0.350 e. The van der Waals surface area contributed by atoms with E-state index in [4.69, 9.17) is 11.6 Å². The van der Waals surface area contributed by atoms with Crippen LogP contribution in [0.5, 0.6) is 0 Å². The lowest BCUT2D eigenvalue weighted by molar-refractivity contribution is 0.0773. The number of halogens is 1. The molecule has 1 amide bonds. The van der Waals surface area contributed by atoms with Gasteiger partial charge in [-0.25, -0.2) is 0 Å². The number of fused-ring (bicyclic) bond motifs is 1. The number of nitrogens with zero attached hydrogens (tertiary/aromatic N) is 2. The van der Waals surface area contributed by atoms with Crippen molar-refractivity contribution in [2.24, 2.45) is 0 Å². The number of carbonyl (C=O) groups is 1. The maximum Gasteiger partial charge on any atom is 0.270 e. The van der Waals surface area contributed by atoms with E-state index in [2.05, 4.69) is 9.88 Å². The molecule has 2 aromatic rings. The average molecular weight is 334 g/mol. The van der Waals surface area contributed by atoms with Crippen LogP contribution in [-0.2, 0) is 0 Å². The van der Waals surface area contributed by atoms with Crippen molar-refractivity contribution >= 4 is 28.4 Å². The molecule has 0 bridgehead atoms.